The highest BCUT2D eigenvalue weighted by Gasteiger charge is 2.44. The zero-order chi connectivity index (χ0) is 23.2. The van der Waals surface area contributed by atoms with Crippen molar-refractivity contribution in [1.82, 2.24) is 14.9 Å². The molecule has 2 aromatic heterocycles. The van der Waals surface area contributed by atoms with Crippen molar-refractivity contribution in [2.75, 3.05) is 13.1 Å². The molecule has 5 atom stereocenters. The Morgan fingerprint density at radius 3 is 2.76 bits per heavy atom. The summed E-state index contributed by atoms with van der Waals surface area (Å²) in [5, 5.41) is 2.35. The van der Waals surface area contributed by atoms with Crippen LogP contribution in [0.1, 0.15) is 35.6 Å². The summed E-state index contributed by atoms with van der Waals surface area (Å²) in [6, 6.07) is 19.3. The highest BCUT2D eigenvalue weighted by atomic mass is 16.5. The molecule has 7 rings (SSSR count). The lowest BCUT2D eigenvalue weighted by Crippen LogP contribution is -2.55. The van der Waals surface area contributed by atoms with E-state index in [9.17, 15) is 0 Å². The fraction of sp³-hybridized carbons (Fsp3) is 0.333. The molecule has 3 saturated heterocycles. The van der Waals surface area contributed by atoms with Gasteiger partial charge in [-0.25, -0.2) is 4.98 Å². The predicted molar refractivity (Wildman–Crippen MR) is 138 cm³/mol. The third-order valence-corrected chi connectivity index (χ3v) is 7.89. The first-order chi connectivity index (χ1) is 16.6. The zero-order valence-corrected chi connectivity index (χ0v) is 19.9. The van der Waals surface area contributed by atoms with Crippen molar-refractivity contribution in [1.29, 1.82) is 0 Å². The number of para-hydroxylation sites is 1. The minimum atomic E-state index is -0.117. The lowest BCUT2D eigenvalue weighted by molar-refractivity contribution is -0.0367. The summed E-state index contributed by atoms with van der Waals surface area (Å²) < 4.78 is 6.89. The number of fused-ring (bicyclic) bond motifs is 5. The second-order valence-electron chi connectivity index (χ2n) is 10.0. The average Bonchev–Trinajstić information content (AvgIpc) is 2.87. The largest absolute Gasteiger partial charge is 0.468 e. The molecule has 3 aliphatic heterocycles. The van der Waals surface area contributed by atoms with Crippen LogP contribution in [0.15, 0.2) is 73.4 Å². The maximum Gasteiger partial charge on any atom is 0.214 e. The Labute approximate surface area is 201 Å². The van der Waals surface area contributed by atoms with E-state index in [4.69, 9.17) is 9.72 Å². The molecule has 0 radical (unpaired) electrons. The molecule has 0 amide bonds. The fourth-order valence-corrected chi connectivity index (χ4v) is 6.08. The van der Waals surface area contributed by atoms with Gasteiger partial charge in [-0.15, -0.1) is 6.58 Å². The van der Waals surface area contributed by atoms with Crippen molar-refractivity contribution < 1.29 is 4.74 Å². The van der Waals surface area contributed by atoms with Gasteiger partial charge in [0.25, 0.3) is 0 Å². The van der Waals surface area contributed by atoms with E-state index >= 15 is 0 Å². The molecule has 3 fully saturated rings. The van der Waals surface area contributed by atoms with E-state index in [0.717, 1.165) is 30.5 Å². The fourth-order valence-electron chi connectivity index (χ4n) is 6.08. The van der Waals surface area contributed by atoms with Crippen LogP contribution in [-0.2, 0) is 0 Å². The van der Waals surface area contributed by atoms with Gasteiger partial charge in [-0.2, -0.15) is 0 Å². The molecular weight excluding hydrogens is 418 g/mol. The summed E-state index contributed by atoms with van der Waals surface area (Å²) in [4.78, 5) is 12.2. The Morgan fingerprint density at radius 1 is 1.06 bits per heavy atom. The van der Waals surface area contributed by atoms with Gasteiger partial charge in [0.1, 0.15) is 6.10 Å². The molecule has 0 aliphatic carbocycles. The number of piperidine rings is 3. The quantitative estimate of drug-likeness (QED) is 0.330. The molecule has 0 N–H and O–H groups in total. The SMILES string of the molecule is C=CC1CN2CCC1CC2C(Oc1cc(C)c2ccccc2n1)c1ccnc2ccc(C)cc12. The van der Waals surface area contributed by atoms with Crippen molar-refractivity contribution in [3.63, 3.8) is 0 Å². The van der Waals surface area contributed by atoms with Crippen LogP contribution in [0, 0.1) is 25.7 Å². The third kappa shape index (κ3) is 3.67. The van der Waals surface area contributed by atoms with Crippen molar-refractivity contribution >= 4 is 21.8 Å². The molecule has 172 valence electrons. The molecule has 34 heavy (non-hydrogen) atoms. The van der Waals surface area contributed by atoms with E-state index in [-0.39, 0.29) is 6.10 Å². The highest BCUT2D eigenvalue weighted by molar-refractivity contribution is 5.84. The summed E-state index contributed by atoms with van der Waals surface area (Å²) >= 11 is 0. The number of hydrogen-bond acceptors (Lipinski definition) is 4. The molecule has 5 unspecified atom stereocenters. The Morgan fingerprint density at radius 2 is 1.94 bits per heavy atom. The number of aromatic nitrogens is 2. The van der Waals surface area contributed by atoms with E-state index in [1.54, 1.807) is 0 Å². The highest BCUT2D eigenvalue weighted by Crippen LogP contribution is 2.43. The van der Waals surface area contributed by atoms with Crippen molar-refractivity contribution in [2.45, 2.75) is 38.8 Å². The molecule has 2 bridgehead atoms. The lowest BCUT2D eigenvalue weighted by atomic mass is 9.73. The Hall–Kier alpha value is -3.24. The molecule has 3 aliphatic rings. The molecular formula is C30H31N3O. The number of hydrogen-bond donors (Lipinski definition) is 0. The van der Waals surface area contributed by atoms with Gasteiger partial charge in [0, 0.05) is 35.1 Å². The second kappa shape index (κ2) is 8.52. The first-order valence-electron chi connectivity index (χ1n) is 12.4. The Bertz CT molecular complexity index is 1380. The summed E-state index contributed by atoms with van der Waals surface area (Å²) in [5.74, 6) is 1.93. The van der Waals surface area contributed by atoms with Crippen LogP contribution < -0.4 is 4.74 Å². The van der Waals surface area contributed by atoms with Crippen LogP contribution in [0.3, 0.4) is 0 Å². The van der Waals surface area contributed by atoms with E-state index in [1.807, 2.05) is 12.3 Å². The monoisotopic (exact) mass is 449 g/mol. The number of rotatable bonds is 5. The molecule has 4 heteroatoms. The standard InChI is InChI=1S/C30H31N3O/c1-4-21-18-33-14-12-22(21)17-28(33)30(24-11-13-31-26-10-9-19(2)15-25(24)26)34-29-16-20(3)23-7-5-6-8-27(23)32-29/h4-11,13,15-16,21-22,28,30H,1,12,14,17-18H2,2-3H3. The summed E-state index contributed by atoms with van der Waals surface area (Å²) in [6.07, 6.45) is 6.31. The summed E-state index contributed by atoms with van der Waals surface area (Å²) in [6.45, 7) is 10.6. The van der Waals surface area contributed by atoms with E-state index < -0.39 is 0 Å². The summed E-state index contributed by atoms with van der Waals surface area (Å²) in [5.41, 5.74) is 5.61. The second-order valence-corrected chi connectivity index (χ2v) is 10.0. The molecule has 4 nitrogen and oxygen atoms in total. The Kier molecular flexibility index (Phi) is 5.34. The van der Waals surface area contributed by atoms with Crippen LogP contribution >= 0.6 is 0 Å². The van der Waals surface area contributed by atoms with Crippen LogP contribution in [0.5, 0.6) is 5.88 Å². The van der Waals surface area contributed by atoms with Crippen LogP contribution in [0.4, 0.5) is 0 Å². The predicted octanol–water partition coefficient (Wildman–Crippen LogP) is 6.42. The van der Waals surface area contributed by atoms with E-state index in [2.05, 4.69) is 84.9 Å². The topological polar surface area (TPSA) is 38.2 Å². The molecule has 2 aromatic carbocycles. The van der Waals surface area contributed by atoms with Gasteiger partial charge in [-0.1, -0.05) is 35.9 Å². The van der Waals surface area contributed by atoms with Gasteiger partial charge >= 0.3 is 0 Å². The molecule has 5 heterocycles. The van der Waals surface area contributed by atoms with Crippen LogP contribution in [0.25, 0.3) is 21.8 Å². The third-order valence-electron chi connectivity index (χ3n) is 7.89. The Balaban J connectivity index is 1.47. The number of ether oxygens (including phenoxy) is 1. The molecule has 0 spiro atoms. The average molecular weight is 450 g/mol. The minimum Gasteiger partial charge on any atom is -0.468 e. The normalized spacial score (nSPS) is 24.9. The first kappa shape index (κ1) is 21.3. The number of aryl methyl sites for hydroxylation is 2. The van der Waals surface area contributed by atoms with Gasteiger partial charge in [0.05, 0.1) is 17.1 Å². The van der Waals surface area contributed by atoms with Gasteiger partial charge < -0.3 is 4.74 Å². The lowest BCUT2D eigenvalue weighted by Gasteiger charge is -2.51. The van der Waals surface area contributed by atoms with Crippen molar-refractivity contribution in [3.05, 3.63) is 90.1 Å². The van der Waals surface area contributed by atoms with Crippen LogP contribution in [-0.4, -0.2) is 34.0 Å². The van der Waals surface area contributed by atoms with E-state index in [1.165, 1.54) is 33.9 Å². The van der Waals surface area contributed by atoms with Gasteiger partial charge in [-0.3, -0.25) is 9.88 Å². The minimum absolute atomic E-state index is 0.117. The maximum atomic E-state index is 6.89. The number of benzene rings is 2. The van der Waals surface area contributed by atoms with Crippen molar-refractivity contribution in [3.8, 4) is 5.88 Å². The first-order valence-corrected chi connectivity index (χ1v) is 12.4. The van der Waals surface area contributed by atoms with Gasteiger partial charge in [0.15, 0.2) is 0 Å². The summed E-state index contributed by atoms with van der Waals surface area (Å²) in [7, 11) is 0. The van der Waals surface area contributed by atoms with Gasteiger partial charge in [0.2, 0.25) is 5.88 Å². The number of nitrogens with zero attached hydrogens (tertiary/aromatic N) is 3. The zero-order valence-electron chi connectivity index (χ0n) is 19.9. The maximum absolute atomic E-state index is 6.89. The smallest absolute Gasteiger partial charge is 0.214 e. The molecule has 4 aromatic rings. The molecule has 0 saturated carbocycles. The van der Waals surface area contributed by atoms with Gasteiger partial charge in [-0.05, 0) is 74.9 Å². The van der Waals surface area contributed by atoms with E-state index in [0.29, 0.717) is 23.8 Å². The van der Waals surface area contributed by atoms with Crippen molar-refractivity contribution in [2.24, 2.45) is 11.8 Å². The van der Waals surface area contributed by atoms with Crippen LogP contribution in [0.2, 0.25) is 0 Å². The number of pyridine rings is 2.